The molecule has 3 heterocycles. The lowest BCUT2D eigenvalue weighted by Gasteiger charge is -2.43. The van der Waals surface area contributed by atoms with Gasteiger partial charge in [0.25, 0.3) is 0 Å². The third-order valence-electron chi connectivity index (χ3n) is 5.80. The fourth-order valence-electron chi connectivity index (χ4n) is 4.22. The van der Waals surface area contributed by atoms with Crippen LogP contribution in [0.3, 0.4) is 0 Å². The normalized spacial score (nSPS) is 22.0. The molecule has 0 N–H and O–H groups in total. The lowest BCUT2D eigenvalue weighted by molar-refractivity contribution is -0.288. The summed E-state index contributed by atoms with van der Waals surface area (Å²) in [6, 6.07) is 4.40. The average Bonchev–Trinajstić information content (AvgIpc) is 3.31. The second kappa shape index (κ2) is 12.5. The Morgan fingerprint density at radius 3 is 2.20 bits per heavy atom. The number of aromatic nitrogens is 1. The lowest BCUT2D eigenvalue weighted by atomic mass is 9.98. The minimum absolute atomic E-state index is 0.138. The van der Waals surface area contributed by atoms with Crippen LogP contribution in [0.4, 0.5) is 0 Å². The second-order valence-electron chi connectivity index (χ2n) is 9.12. The number of nitrogens with zero attached hydrogens (tertiary/aromatic N) is 1. The predicted octanol–water partition coefficient (Wildman–Crippen LogP) is 2.69. The molecule has 1 aliphatic heterocycles. The van der Waals surface area contributed by atoms with Crippen LogP contribution in [0, 0.1) is 6.92 Å². The van der Waals surface area contributed by atoms with Crippen LogP contribution >= 0.6 is 11.3 Å². The SMILES string of the molecule is CC(=O)OC[C@@H]1O[C@H](Oc2ccc3c(=O)c(-c4nc(C)cs4)coc3c2)[C@H](OC(C)=O)[C@@H](OC(C)=O)[C@@H]1OC(C)=O. The smallest absolute Gasteiger partial charge is 0.303 e. The van der Waals surface area contributed by atoms with Crippen molar-refractivity contribution >= 4 is 46.2 Å². The van der Waals surface area contributed by atoms with E-state index in [1.807, 2.05) is 12.3 Å². The van der Waals surface area contributed by atoms with Gasteiger partial charge in [-0.3, -0.25) is 24.0 Å². The van der Waals surface area contributed by atoms with Crippen LogP contribution in [-0.4, -0.2) is 66.2 Å². The summed E-state index contributed by atoms with van der Waals surface area (Å²) in [5.74, 6) is -2.79. The number of rotatable bonds is 8. The van der Waals surface area contributed by atoms with Crippen molar-refractivity contribution in [3.8, 4) is 16.3 Å². The van der Waals surface area contributed by atoms with Crippen LogP contribution in [0.25, 0.3) is 21.5 Å². The Morgan fingerprint density at radius 1 is 0.927 bits per heavy atom. The summed E-state index contributed by atoms with van der Waals surface area (Å²) < 4.78 is 38.9. The Labute approximate surface area is 237 Å². The first kappa shape index (κ1) is 29.7. The quantitative estimate of drug-likeness (QED) is 0.278. The number of esters is 4. The van der Waals surface area contributed by atoms with E-state index in [1.54, 1.807) is 0 Å². The van der Waals surface area contributed by atoms with Crippen LogP contribution in [-0.2, 0) is 42.9 Å². The van der Waals surface area contributed by atoms with Gasteiger partial charge in [0, 0.05) is 44.8 Å². The van der Waals surface area contributed by atoms with E-state index in [1.165, 1.54) is 42.7 Å². The van der Waals surface area contributed by atoms with E-state index >= 15 is 0 Å². The molecule has 0 amide bonds. The van der Waals surface area contributed by atoms with E-state index in [0.29, 0.717) is 10.6 Å². The van der Waals surface area contributed by atoms with Crippen molar-refractivity contribution in [3.05, 3.63) is 45.8 Å². The highest BCUT2D eigenvalue weighted by molar-refractivity contribution is 7.13. The Kier molecular flexibility index (Phi) is 9.03. The summed E-state index contributed by atoms with van der Waals surface area (Å²) in [7, 11) is 0. The molecule has 1 saturated heterocycles. The Hall–Kier alpha value is -4.30. The van der Waals surface area contributed by atoms with Gasteiger partial charge >= 0.3 is 23.9 Å². The first-order valence-corrected chi connectivity index (χ1v) is 13.3. The molecule has 1 aromatic carbocycles. The van der Waals surface area contributed by atoms with Gasteiger partial charge in [-0.25, -0.2) is 4.98 Å². The maximum atomic E-state index is 13.1. The van der Waals surface area contributed by atoms with Gasteiger partial charge in [-0.1, -0.05) is 0 Å². The second-order valence-corrected chi connectivity index (χ2v) is 9.97. The van der Waals surface area contributed by atoms with Crippen molar-refractivity contribution in [2.45, 2.75) is 65.3 Å². The van der Waals surface area contributed by atoms with E-state index in [4.69, 9.17) is 32.8 Å². The third kappa shape index (κ3) is 7.08. The zero-order valence-corrected chi connectivity index (χ0v) is 23.6. The fraction of sp³-hybridized carbons (Fsp3) is 0.407. The molecule has 0 saturated carbocycles. The van der Waals surface area contributed by atoms with Gasteiger partial charge in [-0.05, 0) is 19.1 Å². The molecule has 0 bridgehead atoms. The van der Waals surface area contributed by atoms with Crippen molar-refractivity contribution in [2.24, 2.45) is 0 Å². The van der Waals surface area contributed by atoms with Gasteiger partial charge in [0.1, 0.15) is 35.3 Å². The van der Waals surface area contributed by atoms with Gasteiger partial charge in [-0.2, -0.15) is 0 Å². The van der Waals surface area contributed by atoms with E-state index in [0.717, 1.165) is 26.5 Å². The van der Waals surface area contributed by atoms with E-state index < -0.39 is 61.2 Å². The Balaban J connectivity index is 1.70. The van der Waals surface area contributed by atoms with Crippen molar-refractivity contribution in [2.75, 3.05) is 6.61 Å². The largest absolute Gasteiger partial charge is 0.463 e. The molecule has 2 aromatic heterocycles. The number of hydrogen-bond acceptors (Lipinski definition) is 14. The molecule has 4 rings (SSSR count). The summed E-state index contributed by atoms with van der Waals surface area (Å²) >= 11 is 1.32. The molecule has 218 valence electrons. The van der Waals surface area contributed by atoms with Crippen molar-refractivity contribution in [1.29, 1.82) is 0 Å². The number of aryl methyl sites for hydroxylation is 1. The highest BCUT2D eigenvalue weighted by Gasteiger charge is 2.53. The number of hydrogen-bond donors (Lipinski definition) is 0. The molecule has 1 fully saturated rings. The van der Waals surface area contributed by atoms with Gasteiger partial charge in [0.15, 0.2) is 12.2 Å². The number of ether oxygens (including phenoxy) is 6. The molecule has 0 aliphatic carbocycles. The molecule has 14 heteroatoms. The number of thiazole rings is 1. The number of benzene rings is 1. The van der Waals surface area contributed by atoms with Crippen molar-refractivity contribution in [1.82, 2.24) is 4.98 Å². The minimum atomic E-state index is -1.43. The average molecular weight is 590 g/mol. The molecule has 41 heavy (non-hydrogen) atoms. The van der Waals surface area contributed by atoms with Crippen molar-refractivity contribution in [3.63, 3.8) is 0 Å². The van der Waals surface area contributed by atoms with Crippen LogP contribution in [0.5, 0.6) is 5.75 Å². The van der Waals surface area contributed by atoms with Crippen LogP contribution in [0.15, 0.2) is 39.1 Å². The molecule has 0 radical (unpaired) electrons. The summed E-state index contributed by atoms with van der Waals surface area (Å²) in [4.78, 5) is 64.9. The number of fused-ring (bicyclic) bond motifs is 1. The zero-order valence-electron chi connectivity index (χ0n) is 22.7. The maximum Gasteiger partial charge on any atom is 0.303 e. The third-order valence-corrected chi connectivity index (χ3v) is 6.79. The molecular weight excluding hydrogens is 562 g/mol. The van der Waals surface area contributed by atoms with E-state index in [-0.39, 0.29) is 22.1 Å². The van der Waals surface area contributed by atoms with Crippen molar-refractivity contribution < 1.29 is 52.0 Å². The highest BCUT2D eigenvalue weighted by Crippen LogP contribution is 2.32. The number of carbonyl (C=O) groups excluding carboxylic acids is 4. The minimum Gasteiger partial charge on any atom is -0.463 e. The molecule has 0 spiro atoms. The topological polar surface area (TPSA) is 167 Å². The Morgan fingerprint density at radius 2 is 1.59 bits per heavy atom. The first-order chi connectivity index (χ1) is 19.4. The van der Waals surface area contributed by atoms with Crippen LogP contribution < -0.4 is 10.2 Å². The van der Waals surface area contributed by atoms with Gasteiger partial charge in [0.2, 0.25) is 17.8 Å². The van der Waals surface area contributed by atoms with Gasteiger partial charge < -0.3 is 32.8 Å². The summed E-state index contributed by atoms with van der Waals surface area (Å²) in [5.41, 5.74) is 0.983. The summed E-state index contributed by atoms with van der Waals surface area (Å²) in [5, 5.41) is 2.61. The molecule has 0 unspecified atom stereocenters. The van der Waals surface area contributed by atoms with Crippen LogP contribution in [0.1, 0.15) is 33.4 Å². The number of carbonyl (C=O) groups is 4. The highest BCUT2D eigenvalue weighted by atomic mass is 32.1. The lowest BCUT2D eigenvalue weighted by Crippen LogP contribution is -2.63. The molecule has 5 atom stereocenters. The summed E-state index contributed by atoms with van der Waals surface area (Å²) in [6.07, 6.45) is -5.41. The maximum absolute atomic E-state index is 13.1. The zero-order chi connectivity index (χ0) is 29.8. The van der Waals surface area contributed by atoms with E-state index in [2.05, 4.69) is 4.98 Å². The predicted molar refractivity (Wildman–Crippen MR) is 141 cm³/mol. The van der Waals surface area contributed by atoms with Gasteiger partial charge in [-0.15, -0.1) is 11.3 Å². The van der Waals surface area contributed by atoms with Gasteiger partial charge in [0.05, 0.1) is 10.9 Å². The van der Waals surface area contributed by atoms with Crippen LogP contribution in [0.2, 0.25) is 0 Å². The monoisotopic (exact) mass is 589 g/mol. The first-order valence-electron chi connectivity index (χ1n) is 12.4. The standard InChI is InChI=1S/C27H27NO12S/c1-12-11-41-26(28-12)19-9-35-20-8-17(6-7-18(20)22(19)33)39-27-25(38-16(5)32)24(37-15(4)31)23(36-14(3)30)21(40-27)10-34-13(2)29/h6-9,11,21,23-25,27H,10H2,1-5H3/t21-,23+,24-,25+,27-/m0/s1. The molecule has 1 aliphatic rings. The molecule has 3 aromatic rings. The fourth-order valence-corrected chi connectivity index (χ4v) is 5.02. The Bertz CT molecular complexity index is 1530. The van der Waals surface area contributed by atoms with E-state index in [9.17, 15) is 24.0 Å². The molecule has 13 nitrogen and oxygen atoms in total. The summed E-state index contributed by atoms with van der Waals surface area (Å²) in [6.45, 7) is 5.96. The molecular formula is C27H27NO12S.